The zero-order valence-electron chi connectivity index (χ0n) is 11.5. The number of sulfonamides is 1. The second-order valence-corrected chi connectivity index (χ2v) is 7.96. The second-order valence-electron chi connectivity index (χ2n) is 5.02. The van der Waals surface area contributed by atoms with Crippen molar-refractivity contribution >= 4 is 21.4 Å². The van der Waals surface area contributed by atoms with Gasteiger partial charge in [0.25, 0.3) is 0 Å². The van der Waals surface area contributed by atoms with Gasteiger partial charge in [-0.25, -0.2) is 8.42 Å². The van der Waals surface area contributed by atoms with Crippen LogP contribution in [0.3, 0.4) is 0 Å². The summed E-state index contributed by atoms with van der Waals surface area (Å²) in [6.45, 7) is 0.195. The van der Waals surface area contributed by atoms with Gasteiger partial charge in [-0.1, -0.05) is 0 Å². The summed E-state index contributed by atoms with van der Waals surface area (Å²) in [6.07, 6.45) is -4.12. The first-order chi connectivity index (χ1) is 9.75. The van der Waals surface area contributed by atoms with Crippen molar-refractivity contribution in [2.24, 2.45) is 5.92 Å². The number of halogens is 3. The van der Waals surface area contributed by atoms with Gasteiger partial charge in [0, 0.05) is 29.9 Å². The molecule has 9 heteroatoms. The summed E-state index contributed by atoms with van der Waals surface area (Å²) in [5.74, 6) is -1.57. The second kappa shape index (κ2) is 6.23. The van der Waals surface area contributed by atoms with Gasteiger partial charge in [-0.2, -0.15) is 17.5 Å². The van der Waals surface area contributed by atoms with Crippen LogP contribution in [0.25, 0.3) is 0 Å². The standard InChI is InChI=1S/C12H17F3N2O2S2/c1-16-6-10-5-11(8-20-10)21(18,19)17-4-2-3-9(7-17)12(13,14)15/h5,8-9,16H,2-4,6-7H2,1H3. The van der Waals surface area contributed by atoms with Crippen LogP contribution in [0.5, 0.6) is 0 Å². The Hall–Kier alpha value is -0.640. The van der Waals surface area contributed by atoms with Crippen LogP contribution in [0.2, 0.25) is 0 Å². The predicted molar refractivity (Wildman–Crippen MR) is 74.6 cm³/mol. The average Bonchev–Trinajstić information content (AvgIpc) is 2.88. The summed E-state index contributed by atoms with van der Waals surface area (Å²) >= 11 is 1.28. The molecule has 1 atom stereocenters. The molecule has 21 heavy (non-hydrogen) atoms. The molecule has 2 heterocycles. The van der Waals surface area contributed by atoms with Crippen LogP contribution in [0.4, 0.5) is 13.2 Å². The fourth-order valence-corrected chi connectivity index (χ4v) is 5.14. The van der Waals surface area contributed by atoms with Gasteiger partial charge in [-0.05, 0) is 26.0 Å². The molecular weight excluding hydrogens is 325 g/mol. The molecule has 4 nitrogen and oxygen atoms in total. The Labute approximate surface area is 126 Å². The molecule has 0 aliphatic carbocycles. The number of thiophene rings is 1. The maximum absolute atomic E-state index is 12.8. The van der Waals surface area contributed by atoms with E-state index in [1.54, 1.807) is 7.05 Å². The summed E-state index contributed by atoms with van der Waals surface area (Å²) < 4.78 is 64.1. The van der Waals surface area contributed by atoms with E-state index < -0.39 is 28.7 Å². The van der Waals surface area contributed by atoms with Gasteiger partial charge < -0.3 is 5.32 Å². The lowest BCUT2D eigenvalue weighted by molar-refractivity contribution is -0.182. The van der Waals surface area contributed by atoms with E-state index >= 15 is 0 Å². The Morgan fingerprint density at radius 2 is 2.19 bits per heavy atom. The summed E-state index contributed by atoms with van der Waals surface area (Å²) in [4.78, 5) is 0.918. The van der Waals surface area contributed by atoms with Crippen molar-refractivity contribution < 1.29 is 21.6 Å². The number of hydrogen-bond acceptors (Lipinski definition) is 4. The number of piperidine rings is 1. The molecule has 120 valence electrons. The number of nitrogens with one attached hydrogen (secondary N) is 1. The van der Waals surface area contributed by atoms with Crippen LogP contribution in [-0.4, -0.2) is 39.0 Å². The molecule has 1 saturated heterocycles. The Kier molecular flexibility index (Phi) is 4.96. The first kappa shape index (κ1) is 16.7. The predicted octanol–water partition coefficient (Wildman–Crippen LogP) is 2.43. The van der Waals surface area contributed by atoms with Crippen molar-refractivity contribution in [2.75, 3.05) is 20.1 Å². The van der Waals surface area contributed by atoms with Crippen LogP contribution in [0.1, 0.15) is 17.7 Å². The lowest BCUT2D eigenvalue weighted by atomic mass is 9.99. The van der Waals surface area contributed by atoms with E-state index in [1.807, 2.05) is 0 Å². The van der Waals surface area contributed by atoms with Crippen molar-refractivity contribution in [1.29, 1.82) is 0 Å². The highest BCUT2D eigenvalue weighted by atomic mass is 32.2. The van der Waals surface area contributed by atoms with Crippen molar-refractivity contribution in [1.82, 2.24) is 9.62 Å². The quantitative estimate of drug-likeness (QED) is 0.914. The van der Waals surface area contributed by atoms with E-state index in [2.05, 4.69) is 5.32 Å². The minimum absolute atomic E-state index is 0.00976. The van der Waals surface area contributed by atoms with E-state index in [-0.39, 0.29) is 24.3 Å². The maximum Gasteiger partial charge on any atom is 0.393 e. The van der Waals surface area contributed by atoms with E-state index in [4.69, 9.17) is 0 Å². The lowest BCUT2D eigenvalue weighted by Crippen LogP contribution is -2.44. The van der Waals surface area contributed by atoms with Crippen LogP contribution in [0, 0.1) is 5.92 Å². The Balaban J connectivity index is 2.18. The zero-order valence-corrected chi connectivity index (χ0v) is 13.1. The van der Waals surface area contributed by atoms with Crippen molar-refractivity contribution in [3.63, 3.8) is 0 Å². The average molecular weight is 342 g/mol. The zero-order chi connectivity index (χ0) is 15.7. The van der Waals surface area contributed by atoms with E-state index in [1.165, 1.54) is 22.8 Å². The highest BCUT2D eigenvalue weighted by Gasteiger charge is 2.44. The highest BCUT2D eigenvalue weighted by molar-refractivity contribution is 7.89. The van der Waals surface area contributed by atoms with Crippen molar-refractivity contribution in [2.45, 2.75) is 30.5 Å². The van der Waals surface area contributed by atoms with Gasteiger partial charge in [-0.15, -0.1) is 11.3 Å². The third-order valence-electron chi connectivity index (χ3n) is 3.47. The van der Waals surface area contributed by atoms with Crippen LogP contribution in [-0.2, 0) is 16.6 Å². The van der Waals surface area contributed by atoms with Crippen molar-refractivity contribution in [3.8, 4) is 0 Å². The molecule has 0 bridgehead atoms. The molecule has 0 radical (unpaired) electrons. The maximum atomic E-state index is 12.8. The molecule has 1 aromatic rings. The molecule has 0 saturated carbocycles. The molecule has 1 unspecified atom stereocenters. The molecule has 0 amide bonds. The summed E-state index contributed by atoms with van der Waals surface area (Å²) in [7, 11) is -2.09. The Morgan fingerprint density at radius 3 is 2.81 bits per heavy atom. The fourth-order valence-electron chi connectivity index (χ4n) is 2.34. The van der Waals surface area contributed by atoms with E-state index in [0.29, 0.717) is 6.54 Å². The van der Waals surface area contributed by atoms with E-state index in [9.17, 15) is 21.6 Å². The highest BCUT2D eigenvalue weighted by Crippen LogP contribution is 2.35. The van der Waals surface area contributed by atoms with Gasteiger partial charge >= 0.3 is 6.18 Å². The largest absolute Gasteiger partial charge is 0.393 e. The summed E-state index contributed by atoms with van der Waals surface area (Å²) in [5.41, 5.74) is 0. The van der Waals surface area contributed by atoms with Gasteiger partial charge in [-0.3, -0.25) is 0 Å². The Bertz CT molecular complexity index is 584. The third-order valence-corrected chi connectivity index (χ3v) is 6.39. The molecule has 1 aliphatic rings. The number of hydrogen-bond donors (Lipinski definition) is 1. The minimum atomic E-state index is -4.35. The minimum Gasteiger partial charge on any atom is -0.315 e. The molecule has 1 N–H and O–H groups in total. The number of nitrogens with zero attached hydrogens (tertiary/aromatic N) is 1. The van der Waals surface area contributed by atoms with Gasteiger partial charge in [0.1, 0.15) is 0 Å². The topological polar surface area (TPSA) is 49.4 Å². The summed E-state index contributed by atoms with van der Waals surface area (Å²) in [5, 5.41) is 4.39. The fraction of sp³-hybridized carbons (Fsp3) is 0.667. The molecule has 1 fully saturated rings. The summed E-state index contributed by atoms with van der Waals surface area (Å²) in [6, 6.07) is 1.52. The molecule has 2 rings (SSSR count). The van der Waals surface area contributed by atoms with Gasteiger partial charge in [0.2, 0.25) is 10.0 Å². The van der Waals surface area contributed by atoms with Crippen molar-refractivity contribution in [3.05, 3.63) is 16.3 Å². The van der Waals surface area contributed by atoms with Gasteiger partial charge in [0.15, 0.2) is 0 Å². The molecule has 1 aliphatic heterocycles. The lowest BCUT2D eigenvalue weighted by Gasteiger charge is -2.32. The molecule has 1 aromatic heterocycles. The molecule has 0 aromatic carbocycles. The van der Waals surface area contributed by atoms with Gasteiger partial charge in [0.05, 0.1) is 10.8 Å². The van der Waals surface area contributed by atoms with Crippen LogP contribution < -0.4 is 5.32 Å². The number of alkyl halides is 3. The normalized spacial score (nSPS) is 21.6. The SMILES string of the molecule is CNCc1cc(S(=O)(=O)N2CCCC(C(F)(F)F)C2)cs1. The van der Waals surface area contributed by atoms with Crippen LogP contribution >= 0.6 is 11.3 Å². The first-order valence-corrected chi connectivity index (χ1v) is 8.86. The number of rotatable bonds is 4. The third kappa shape index (κ3) is 3.77. The smallest absolute Gasteiger partial charge is 0.315 e. The Morgan fingerprint density at radius 1 is 1.48 bits per heavy atom. The molecule has 0 spiro atoms. The van der Waals surface area contributed by atoms with E-state index in [0.717, 1.165) is 9.18 Å². The first-order valence-electron chi connectivity index (χ1n) is 6.54. The van der Waals surface area contributed by atoms with Crippen LogP contribution in [0.15, 0.2) is 16.3 Å². The monoisotopic (exact) mass is 342 g/mol. The molecular formula is C12H17F3N2O2S2.